The molecule has 0 fully saturated rings. The number of benzene rings is 3. The number of aromatic nitrogens is 2. The van der Waals surface area contributed by atoms with Gasteiger partial charge in [0.05, 0.1) is 6.54 Å². The molecule has 0 amide bonds. The van der Waals surface area contributed by atoms with Crippen molar-refractivity contribution in [1.29, 1.82) is 0 Å². The molecule has 0 radical (unpaired) electrons. The van der Waals surface area contributed by atoms with Crippen molar-refractivity contribution in [2.45, 2.75) is 18.6 Å². The number of rotatable bonds is 5. The summed E-state index contributed by atoms with van der Waals surface area (Å²) in [7, 11) is 0. The maximum Gasteiger partial charge on any atom is 0.334 e. The van der Waals surface area contributed by atoms with Gasteiger partial charge in [0.15, 0.2) is 0 Å². The lowest BCUT2D eigenvalue weighted by molar-refractivity contribution is 0.343. The van der Waals surface area contributed by atoms with E-state index in [0.29, 0.717) is 10.6 Å². The first-order chi connectivity index (χ1) is 16.5. The molecule has 2 heterocycles. The minimum absolute atomic E-state index is 0.0208. The molecule has 0 aliphatic carbocycles. The second-order valence-corrected chi connectivity index (χ2v) is 8.50. The van der Waals surface area contributed by atoms with E-state index in [4.69, 9.17) is 22.1 Å². The maximum atomic E-state index is 14.8. The Hall–Kier alpha value is -3.68. The van der Waals surface area contributed by atoms with Gasteiger partial charge >= 0.3 is 5.69 Å². The van der Waals surface area contributed by atoms with Gasteiger partial charge in [-0.2, -0.15) is 0 Å². The van der Waals surface area contributed by atoms with E-state index in [1.807, 2.05) is 36.4 Å². The lowest BCUT2D eigenvalue weighted by atomic mass is 10.1. The van der Waals surface area contributed by atoms with Crippen molar-refractivity contribution in [3.63, 3.8) is 0 Å². The molecule has 0 bridgehead atoms. The van der Waals surface area contributed by atoms with E-state index >= 15 is 0 Å². The zero-order valence-electron chi connectivity index (χ0n) is 18.0. The van der Waals surface area contributed by atoms with Crippen LogP contribution in [0.15, 0.2) is 88.5 Å². The van der Waals surface area contributed by atoms with Crippen molar-refractivity contribution < 1.29 is 9.13 Å². The van der Waals surface area contributed by atoms with Gasteiger partial charge in [-0.05, 0) is 23.3 Å². The van der Waals surface area contributed by atoms with Crippen LogP contribution in [0.1, 0.15) is 23.2 Å². The fraction of sp³-hybridized carbons (Fsp3) is 0.154. The second kappa shape index (κ2) is 8.93. The predicted octanol–water partition coefficient (Wildman–Crippen LogP) is 4.15. The van der Waals surface area contributed by atoms with Crippen LogP contribution in [0.2, 0.25) is 5.02 Å². The molecule has 0 saturated carbocycles. The molecule has 4 aromatic rings. The Bertz CT molecular complexity index is 1480. The maximum absolute atomic E-state index is 14.8. The number of ether oxygens (including phenoxy) is 1. The molecule has 1 aliphatic heterocycles. The molecule has 8 heteroatoms. The number of halogens is 2. The summed E-state index contributed by atoms with van der Waals surface area (Å²) in [6, 6.07) is 21.0. The van der Waals surface area contributed by atoms with Crippen LogP contribution in [0, 0.1) is 5.82 Å². The Balaban J connectivity index is 1.75. The van der Waals surface area contributed by atoms with E-state index in [2.05, 4.69) is 0 Å². The SMILES string of the molecule is NC(Cn1c(=O)c(-c2ccccc2F)c2n(c1=O)C(c1ccccc1Cl)CO2)c1ccccc1. The summed E-state index contributed by atoms with van der Waals surface area (Å²) < 4.78 is 23.1. The average molecular weight is 478 g/mol. The first kappa shape index (κ1) is 22.1. The smallest absolute Gasteiger partial charge is 0.334 e. The highest BCUT2D eigenvalue weighted by atomic mass is 35.5. The molecule has 0 spiro atoms. The Morgan fingerprint density at radius 3 is 2.41 bits per heavy atom. The van der Waals surface area contributed by atoms with Crippen molar-refractivity contribution in [3.8, 4) is 17.0 Å². The molecule has 1 aliphatic rings. The fourth-order valence-corrected chi connectivity index (χ4v) is 4.59. The molecule has 2 unspecified atom stereocenters. The highest BCUT2D eigenvalue weighted by Crippen LogP contribution is 2.38. The zero-order valence-corrected chi connectivity index (χ0v) is 18.8. The summed E-state index contributed by atoms with van der Waals surface area (Å²) in [6.07, 6.45) is 0. The van der Waals surface area contributed by atoms with Crippen LogP contribution in [0.4, 0.5) is 4.39 Å². The van der Waals surface area contributed by atoms with Gasteiger partial charge in [-0.25, -0.2) is 9.18 Å². The summed E-state index contributed by atoms with van der Waals surface area (Å²) in [5, 5.41) is 0.460. The monoisotopic (exact) mass is 477 g/mol. The normalized spacial score (nSPS) is 15.6. The van der Waals surface area contributed by atoms with E-state index in [-0.39, 0.29) is 30.2 Å². The lowest BCUT2D eigenvalue weighted by Gasteiger charge is -2.19. The van der Waals surface area contributed by atoms with Crippen LogP contribution >= 0.6 is 11.6 Å². The topological polar surface area (TPSA) is 79.2 Å². The highest BCUT2D eigenvalue weighted by molar-refractivity contribution is 6.31. The molecule has 172 valence electrons. The van der Waals surface area contributed by atoms with Crippen molar-refractivity contribution in [2.75, 3.05) is 6.61 Å². The Morgan fingerprint density at radius 2 is 1.68 bits per heavy atom. The molecule has 2 N–H and O–H groups in total. The van der Waals surface area contributed by atoms with E-state index in [9.17, 15) is 14.0 Å². The van der Waals surface area contributed by atoms with Crippen LogP contribution < -0.4 is 21.7 Å². The van der Waals surface area contributed by atoms with E-state index < -0.39 is 29.1 Å². The number of fused-ring (bicyclic) bond motifs is 1. The summed E-state index contributed by atoms with van der Waals surface area (Å²) >= 11 is 6.42. The van der Waals surface area contributed by atoms with Gasteiger partial charge in [-0.15, -0.1) is 0 Å². The molecule has 34 heavy (non-hydrogen) atoms. The van der Waals surface area contributed by atoms with Gasteiger partial charge in [-0.3, -0.25) is 13.9 Å². The number of hydrogen-bond acceptors (Lipinski definition) is 4. The van der Waals surface area contributed by atoms with Crippen LogP contribution in [0.25, 0.3) is 11.1 Å². The van der Waals surface area contributed by atoms with Gasteiger partial charge in [0.25, 0.3) is 5.56 Å². The molecular formula is C26H21ClFN3O3. The zero-order chi connectivity index (χ0) is 23.8. The van der Waals surface area contributed by atoms with Crippen molar-refractivity contribution >= 4 is 11.6 Å². The molecular weight excluding hydrogens is 457 g/mol. The summed E-state index contributed by atoms with van der Waals surface area (Å²) in [4.78, 5) is 27.3. The second-order valence-electron chi connectivity index (χ2n) is 8.09. The van der Waals surface area contributed by atoms with Crippen LogP contribution in [-0.2, 0) is 6.54 Å². The van der Waals surface area contributed by atoms with Gasteiger partial charge in [0.2, 0.25) is 5.88 Å². The predicted molar refractivity (Wildman–Crippen MR) is 129 cm³/mol. The van der Waals surface area contributed by atoms with Crippen molar-refractivity contribution in [2.24, 2.45) is 5.73 Å². The average Bonchev–Trinajstić information content (AvgIpc) is 3.28. The van der Waals surface area contributed by atoms with Crippen LogP contribution in [0.3, 0.4) is 0 Å². The third-order valence-electron chi connectivity index (χ3n) is 6.03. The number of nitrogens with zero attached hydrogens (tertiary/aromatic N) is 2. The summed E-state index contributed by atoms with van der Waals surface area (Å²) in [5.41, 5.74) is 6.59. The van der Waals surface area contributed by atoms with Gasteiger partial charge in [0, 0.05) is 16.6 Å². The van der Waals surface area contributed by atoms with Crippen LogP contribution in [0.5, 0.6) is 5.88 Å². The first-order valence-corrected chi connectivity index (χ1v) is 11.2. The lowest BCUT2D eigenvalue weighted by Crippen LogP contribution is -2.43. The third-order valence-corrected chi connectivity index (χ3v) is 6.38. The van der Waals surface area contributed by atoms with Gasteiger partial charge in [0.1, 0.15) is 24.0 Å². The number of hydrogen-bond donors (Lipinski definition) is 1. The first-order valence-electron chi connectivity index (χ1n) is 10.8. The number of nitrogens with two attached hydrogens (primary N) is 1. The molecule has 1 aromatic heterocycles. The van der Waals surface area contributed by atoms with Gasteiger partial charge < -0.3 is 10.5 Å². The molecule has 5 rings (SSSR count). The van der Waals surface area contributed by atoms with E-state index in [1.54, 1.807) is 24.3 Å². The standard InChI is InChI=1S/C26H21ClFN3O3/c27-19-12-6-4-10-17(19)22-15-34-25-23(18-11-5-7-13-20(18)28)24(32)30(26(33)31(22)25)14-21(29)16-8-2-1-3-9-16/h1-13,21-22H,14-15,29H2. The largest absolute Gasteiger partial charge is 0.476 e. The minimum Gasteiger partial charge on any atom is -0.476 e. The summed E-state index contributed by atoms with van der Waals surface area (Å²) in [6.45, 7) is -0.00667. The Morgan fingerprint density at radius 1 is 1.00 bits per heavy atom. The van der Waals surface area contributed by atoms with Crippen LogP contribution in [-0.4, -0.2) is 15.7 Å². The summed E-state index contributed by atoms with van der Waals surface area (Å²) in [5.74, 6) is -0.570. The minimum atomic E-state index is -0.660. The molecule has 2 atom stereocenters. The molecule has 0 saturated heterocycles. The van der Waals surface area contributed by atoms with Crippen molar-refractivity contribution in [1.82, 2.24) is 9.13 Å². The quantitative estimate of drug-likeness (QED) is 0.468. The Kier molecular flexibility index (Phi) is 5.81. The van der Waals surface area contributed by atoms with E-state index in [1.165, 1.54) is 22.8 Å². The third kappa shape index (κ3) is 3.73. The highest BCUT2D eigenvalue weighted by Gasteiger charge is 2.34. The van der Waals surface area contributed by atoms with Gasteiger partial charge in [-0.1, -0.05) is 78.3 Å². The van der Waals surface area contributed by atoms with E-state index in [0.717, 1.165) is 10.1 Å². The Labute approximate surface area is 199 Å². The van der Waals surface area contributed by atoms with Crippen molar-refractivity contribution in [3.05, 3.63) is 122 Å². The fourth-order valence-electron chi connectivity index (χ4n) is 4.33. The molecule has 3 aromatic carbocycles. The molecule has 6 nitrogen and oxygen atoms in total.